The summed E-state index contributed by atoms with van der Waals surface area (Å²) < 4.78 is 32.3. The predicted octanol–water partition coefficient (Wildman–Crippen LogP) is 1.14. The average Bonchev–Trinajstić information content (AvgIpc) is 2.38. The van der Waals surface area contributed by atoms with Gasteiger partial charge in [0.25, 0.3) is 5.69 Å². The molecule has 0 aromatic heterocycles. The van der Waals surface area contributed by atoms with Crippen LogP contribution in [-0.4, -0.2) is 29.0 Å². The number of hydrogen-bond donors (Lipinski definition) is 2. The molecule has 0 radical (unpaired) electrons. The minimum Gasteiger partial charge on any atom is -0.321 e. The third kappa shape index (κ3) is 3.50. The molecule has 0 saturated carbocycles. The van der Waals surface area contributed by atoms with Crippen LogP contribution in [0.25, 0.3) is 0 Å². The molecule has 1 aromatic rings. The van der Waals surface area contributed by atoms with Gasteiger partial charge in [-0.3, -0.25) is 10.1 Å². The third-order valence-corrected chi connectivity index (χ3v) is 5.10. The SMILES string of the molecule is CN=S(=O)(C[C@](C)(N)c1cc([N+](=O)[O-])ccc1F)NC. The van der Waals surface area contributed by atoms with Crippen LogP contribution >= 0.6 is 0 Å². The van der Waals surface area contributed by atoms with E-state index in [1.54, 1.807) is 0 Å². The van der Waals surface area contributed by atoms with Crippen LogP contribution in [0, 0.1) is 15.9 Å². The molecular formula is C11H17FN4O3S. The number of hydrogen-bond acceptors (Lipinski definition) is 5. The smallest absolute Gasteiger partial charge is 0.269 e. The molecule has 9 heteroatoms. The van der Waals surface area contributed by atoms with Gasteiger partial charge in [-0.25, -0.2) is 17.7 Å². The van der Waals surface area contributed by atoms with Crippen LogP contribution in [0.5, 0.6) is 0 Å². The summed E-state index contributed by atoms with van der Waals surface area (Å²) >= 11 is 0. The molecule has 0 spiro atoms. The second kappa shape index (κ2) is 5.81. The summed E-state index contributed by atoms with van der Waals surface area (Å²) in [5.74, 6) is -0.861. The highest BCUT2D eigenvalue weighted by Crippen LogP contribution is 2.27. The molecule has 0 bridgehead atoms. The van der Waals surface area contributed by atoms with E-state index in [0.29, 0.717) is 0 Å². The van der Waals surface area contributed by atoms with Crippen molar-refractivity contribution >= 4 is 15.6 Å². The van der Waals surface area contributed by atoms with Gasteiger partial charge in [0.05, 0.1) is 16.2 Å². The van der Waals surface area contributed by atoms with Crippen LogP contribution in [-0.2, 0) is 15.5 Å². The van der Waals surface area contributed by atoms with Gasteiger partial charge in [0.15, 0.2) is 0 Å². The van der Waals surface area contributed by atoms with E-state index in [1.165, 1.54) is 21.0 Å². The molecular weight excluding hydrogens is 287 g/mol. The van der Waals surface area contributed by atoms with Crippen molar-refractivity contribution in [1.82, 2.24) is 4.72 Å². The zero-order chi connectivity index (χ0) is 15.6. The maximum Gasteiger partial charge on any atom is 0.269 e. The Balaban J connectivity index is 3.31. The molecule has 112 valence electrons. The van der Waals surface area contributed by atoms with Gasteiger partial charge < -0.3 is 5.73 Å². The monoisotopic (exact) mass is 304 g/mol. The molecule has 7 nitrogen and oxygen atoms in total. The quantitative estimate of drug-likeness (QED) is 0.627. The maximum absolute atomic E-state index is 13.9. The first kappa shape index (κ1) is 16.5. The van der Waals surface area contributed by atoms with Gasteiger partial charge in [-0.2, -0.15) is 0 Å². The number of nitrogens with one attached hydrogen (secondary N) is 1. The normalized spacial score (nSPS) is 17.1. The molecule has 0 saturated heterocycles. The predicted molar refractivity (Wildman–Crippen MR) is 75.0 cm³/mol. The highest BCUT2D eigenvalue weighted by atomic mass is 32.2. The summed E-state index contributed by atoms with van der Waals surface area (Å²) in [6.45, 7) is 1.46. The Labute approximate surface area is 116 Å². The Kier molecular flexibility index (Phi) is 4.79. The van der Waals surface area contributed by atoms with Crippen LogP contribution < -0.4 is 10.5 Å². The Morgan fingerprint density at radius 1 is 1.60 bits per heavy atom. The van der Waals surface area contributed by atoms with Crippen molar-refractivity contribution in [1.29, 1.82) is 0 Å². The van der Waals surface area contributed by atoms with Gasteiger partial charge in [-0.15, -0.1) is 0 Å². The number of nitro benzene ring substituents is 1. The molecule has 1 rings (SSSR count). The molecule has 0 fully saturated rings. The molecule has 0 aliphatic carbocycles. The Hall–Kier alpha value is -1.58. The standard InChI is InChI=1S/C11H17FN4O3S/c1-11(13,7-20(19,14-2)15-3)9-6-8(16(17)18)4-5-10(9)12/h4-6H,7,13H2,1-3H3,(H,14,15,19)/t11-/m0/s1. The van der Waals surface area contributed by atoms with Gasteiger partial charge in [0.1, 0.15) is 15.7 Å². The molecule has 2 atom stereocenters. The van der Waals surface area contributed by atoms with Crippen LogP contribution in [0.15, 0.2) is 22.6 Å². The van der Waals surface area contributed by atoms with Crippen molar-refractivity contribution < 1.29 is 13.5 Å². The van der Waals surface area contributed by atoms with Crippen LogP contribution in [0.1, 0.15) is 12.5 Å². The zero-order valence-corrected chi connectivity index (χ0v) is 12.2. The van der Waals surface area contributed by atoms with Gasteiger partial charge in [0, 0.05) is 24.7 Å². The Bertz CT molecular complexity index is 639. The Morgan fingerprint density at radius 2 is 2.20 bits per heavy atom. The fraction of sp³-hybridized carbons (Fsp3) is 0.455. The highest BCUT2D eigenvalue weighted by Gasteiger charge is 2.31. The molecule has 0 heterocycles. The van der Waals surface area contributed by atoms with Crippen molar-refractivity contribution in [2.24, 2.45) is 10.1 Å². The van der Waals surface area contributed by atoms with Gasteiger partial charge >= 0.3 is 0 Å². The lowest BCUT2D eigenvalue weighted by atomic mass is 9.94. The van der Waals surface area contributed by atoms with Gasteiger partial charge in [0.2, 0.25) is 0 Å². The van der Waals surface area contributed by atoms with Crippen molar-refractivity contribution in [3.8, 4) is 0 Å². The molecule has 3 N–H and O–H groups in total. The molecule has 0 aliphatic rings. The van der Waals surface area contributed by atoms with Crippen LogP contribution in [0.2, 0.25) is 0 Å². The number of nitrogens with two attached hydrogens (primary N) is 1. The average molecular weight is 304 g/mol. The number of nitro groups is 1. The Morgan fingerprint density at radius 3 is 2.65 bits per heavy atom. The fourth-order valence-corrected chi connectivity index (χ4v) is 3.20. The summed E-state index contributed by atoms with van der Waals surface area (Å²) in [7, 11) is 0.00634. The molecule has 0 amide bonds. The minimum atomic E-state index is -2.81. The van der Waals surface area contributed by atoms with E-state index in [0.717, 1.165) is 18.2 Å². The molecule has 1 aromatic carbocycles. The summed E-state index contributed by atoms with van der Waals surface area (Å²) in [5.41, 5.74) is 4.29. The number of non-ortho nitro benzene ring substituents is 1. The van der Waals surface area contributed by atoms with E-state index >= 15 is 0 Å². The number of nitrogens with zero attached hydrogens (tertiary/aromatic N) is 2. The summed E-state index contributed by atoms with van der Waals surface area (Å²) in [6.07, 6.45) is 0. The number of rotatable bonds is 5. The molecule has 0 aliphatic heterocycles. The maximum atomic E-state index is 13.9. The first-order valence-electron chi connectivity index (χ1n) is 5.70. The van der Waals surface area contributed by atoms with E-state index in [9.17, 15) is 18.7 Å². The van der Waals surface area contributed by atoms with E-state index in [2.05, 4.69) is 9.08 Å². The van der Waals surface area contributed by atoms with Crippen LogP contribution in [0.4, 0.5) is 10.1 Å². The summed E-state index contributed by atoms with van der Waals surface area (Å²) in [6, 6.07) is 3.08. The largest absolute Gasteiger partial charge is 0.321 e. The van der Waals surface area contributed by atoms with Crippen LogP contribution in [0.3, 0.4) is 0 Å². The number of halogens is 1. The number of benzene rings is 1. The van der Waals surface area contributed by atoms with E-state index in [-0.39, 0.29) is 17.0 Å². The van der Waals surface area contributed by atoms with E-state index in [1.807, 2.05) is 0 Å². The minimum absolute atomic E-state index is 0.0710. The second-order valence-corrected chi connectivity index (χ2v) is 6.85. The van der Waals surface area contributed by atoms with Crippen molar-refractivity contribution in [3.05, 3.63) is 39.7 Å². The van der Waals surface area contributed by atoms with Crippen molar-refractivity contribution in [2.45, 2.75) is 12.5 Å². The zero-order valence-electron chi connectivity index (χ0n) is 11.4. The summed E-state index contributed by atoms with van der Waals surface area (Å²) in [4.78, 5) is 10.1. The molecule has 1 unspecified atom stereocenters. The first-order chi connectivity index (χ1) is 9.15. The second-order valence-electron chi connectivity index (χ2n) is 4.51. The van der Waals surface area contributed by atoms with Crippen molar-refractivity contribution in [3.63, 3.8) is 0 Å². The lowest BCUT2D eigenvalue weighted by Gasteiger charge is -2.26. The third-order valence-electron chi connectivity index (χ3n) is 2.89. The first-order valence-corrected chi connectivity index (χ1v) is 7.38. The lowest BCUT2D eigenvalue weighted by molar-refractivity contribution is -0.385. The van der Waals surface area contributed by atoms with Crippen molar-refractivity contribution in [2.75, 3.05) is 19.8 Å². The van der Waals surface area contributed by atoms with Gasteiger partial charge in [-0.1, -0.05) is 0 Å². The van der Waals surface area contributed by atoms with Gasteiger partial charge in [-0.05, 0) is 20.0 Å². The van der Waals surface area contributed by atoms with E-state index in [4.69, 9.17) is 5.73 Å². The topological polar surface area (TPSA) is 111 Å². The highest BCUT2D eigenvalue weighted by molar-refractivity contribution is 7.91. The van der Waals surface area contributed by atoms with E-state index < -0.39 is 26.2 Å². The fourth-order valence-electron chi connectivity index (χ4n) is 1.78. The lowest BCUT2D eigenvalue weighted by Crippen LogP contribution is -2.44. The summed E-state index contributed by atoms with van der Waals surface area (Å²) in [5, 5.41) is 10.7. The molecule has 20 heavy (non-hydrogen) atoms.